The van der Waals surface area contributed by atoms with Gasteiger partial charge in [-0.2, -0.15) is 13.2 Å². The largest absolute Gasteiger partial charge is 0.468 e. The minimum absolute atomic E-state index is 0. The highest BCUT2D eigenvalue weighted by Crippen LogP contribution is 2.24. The molecule has 0 saturated carbocycles. The van der Waals surface area contributed by atoms with Gasteiger partial charge in [0.25, 0.3) is 0 Å². The van der Waals surface area contributed by atoms with Crippen LogP contribution in [0, 0.1) is 0 Å². The first-order chi connectivity index (χ1) is 14.9. The minimum Gasteiger partial charge on any atom is -0.468 e. The highest BCUT2D eigenvalue weighted by atomic mass is 127. The lowest BCUT2D eigenvalue weighted by Crippen LogP contribution is -2.42. The summed E-state index contributed by atoms with van der Waals surface area (Å²) in [5.41, 5.74) is 1.62. The molecular weight excluding hydrogens is 536 g/mol. The number of halogens is 4. The lowest BCUT2D eigenvalue weighted by molar-refractivity contribution is -0.176. The van der Waals surface area contributed by atoms with Gasteiger partial charge in [-0.05, 0) is 49.2 Å². The summed E-state index contributed by atoms with van der Waals surface area (Å²) < 4.78 is 47.1. The van der Waals surface area contributed by atoms with E-state index in [1.54, 1.807) is 25.4 Å². The first kappa shape index (κ1) is 26.5. The van der Waals surface area contributed by atoms with Gasteiger partial charge >= 0.3 is 6.18 Å². The minimum atomic E-state index is -4.32. The first-order valence-electron chi connectivity index (χ1n) is 10.4. The molecule has 178 valence electrons. The standard InChI is InChI=1S/C22H29F3N4O2.HI/c1-26-21(28-14-19(20-8-5-11-31-20)29-9-2-3-10-29)27-13-17-6-4-7-18(12-17)15-30-16-22(23,24)25;/h4-8,11-12,19H,2-3,9-10,13-16H2,1H3,(H2,26,27,28);1H. The molecule has 10 heteroatoms. The number of aliphatic imine (C=N–C) groups is 1. The number of ether oxygens (including phenoxy) is 1. The molecule has 1 aromatic carbocycles. The molecule has 2 N–H and O–H groups in total. The summed E-state index contributed by atoms with van der Waals surface area (Å²) in [7, 11) is 1.70. The van der Waals surface area contributed by atoms with Crippen molar-refractivity contribution in [2.45, 2.75) is 38.2 Å². The van der Waals surface area contributed by atoms with Crippen molar-refractivity contribution in [1.82, 2.24) is 15.5 Å². The highest BCUT2D eigenvalue weighted by molar-refractivity contribution is 14.0. The second-order valence-corrected chi connectivity index (χ2v) is 7.51. The zero-order valence-corrected chi connectivity index (χ0v) is 20.4. The Morgan fingerprint density at radius 2 is 1.91 bits per heavy atom. The maximum atomic E-state index is 12.2. The lowest BCUT2D eigenvalue weighted by Gasteiger charge is -2.26. The number of hydrogen-bond acceptors (Lipinski definition) is 4. The number of likely N-dealkylation sites (tertiary alicyclic amines) is 1. The number of guanidine groups is 1. The van der Waals surface area contributed by atoms with Crippen LogP contribution in [0.4, 0.5) is 13.2 Å². The highest BCUT2D eigenvalue weighted by Gasteiger charge is 2.27. The smallest absolute Gasteiger partial charge is 0.411 e. The lowest BCUT2D eigenvalue weighted by atomic mass is 10.1. The van der Waals surface area contributed by atoms with E-state index in [1.807, 2.05) is 24.3 Å². The Bertz CT molecular complexity index is 825. The van der Waals surface area contributed by atoms with Crippen molar-refractivity contribution >= 4 is 29.9 Å². The Balaban J connectivity index is 0.00000363. The van der Waals surface area contributed by atoms with Crippen LogP contribution >= 0.6 is 24.0 Å². The van der Waals surface area contributed by atoms with Crippen molar-refractivity contribution in [3.05, 3.63) is 59.5 Å². The summed E-state index contributed by atoms with van der Waals surface area (Å²) >= 11 is 0. The molecule has 1 fully saturated rings. The van der Waals surface area contributed by atoms with E-state index in [4.69, 9.17) is 9.15 Å². The Labute approximate surface area is 203 Å². The third-order valence-electron chi connectivity index (χ3n) is 5.13. The van der Waals surface area contributed by atoms with Crippen LogP contribution in [0.1, 0.15) is 35.8 Å². The van der Waals surface area contributed by atoms with Gasteiger partial charge < -0.3 is 19.8 Å². The predicted octanol–water partition coefficient (Wildman–Crippen LogP) is 4.48. The van der Waals surface area contributed by atoms with Crippen molar-refractivity contribution in [3.63, 3.8) is 0 Å². The van der Waals surface area contributed by atoms with Gasteiger partial charge in [-0.1, -0.05) is 24.3 Å². The molecule has 0 radical (unpaired) electrons. The predicted molar refractivity (Wildman–Crippen MR) is 128 cm³/mol. The van der Waals surface area contributed by atoms with Crippen molar-refractivity contribution in [3.8, 4) is 0 Å². The SMILES string of the molecule is CN=C(NCc1cccc(COCC(F)(F)F)c1)NCC(c1ccco1)N1CCCC1.I. The topological polar surface area (TPSA) is 62.0 Å². The number of nitrogens with zero attached hydrogens (tertiary/aromatic N) is 2. The Morgan fingerprint density at radius 3 is 2.56 bits per heavy atom. The Hall–Kier alpha value is -1.79. The van der Waals surface area contributed by atoms with Gasteiger partial charge in [0.2, 0.25) is 0 Å². The summed E-state index contributed by atoms with van der Waals surface area (Å²) in [5, 5.41) is 6.61. The molecule has 0 amide bonds. The molecule has 6 nitrogen and oxygen atoms in total. The Kier molecular flexibility index (Phi) is 10.8. The fraction of sp³-hybridized carbons (Fsp3) is 0.500. The van der Waals surface area contributed by atoms with Crippen LogP contribution in [0.5, 0.6) is 0 Å². The van der Waals surface area contributed by atoms with Gasteiger partial charge in [0.15, 0.2) is 5.96 Å². The third-order valence-corrected chi connectivity index (χ3v) is 5.13. The molecule has 1 aliphatic rings. The van der Waals surface area contributed by atoms with Gasteiger partial charge in [0, 0.05) is 20.1 Å². The van der Waals surface area contributed by atoms with Crippen LogP contribution in [0.2, 0.25) is 0 Å². The number of furan rings is 1. The molecule has 1 atom stereocenters. The fourth-order valence-electron chi connectivity index (χ4n) is 3.66. The summed E-state index contributed by atoms with van der Waals surface area (Å²) in [4.78, 5) is 6.68. The molecule has 0 aliphatic carbocycles. The zero-order chi connectivity index (χ0) is 22.1. The summed E-state index contributed by atoms with van der Waals surface area (Å²) in [5.74, 6) is 1.57. The van der Waals surface area contributed by atoms with Crippen LogP contribution < -0.4 is 10.6 Å². The number of hydrogen-bond donors (Lipinski definition) is 2. The fourth-order valence-corrected chi connectivity index (χ4v) is 3.66. The van der Waals surface area contributed by atoms with Crippen LogP contribution in [-0.4, -0.2) is 50.3 Å². The van der Waals surface area contributed by atoms with Gasteiger partial charge in [0.1, 0.15) is 12.4 Å². The van der Waals surface area contributed by atoms with E-state index in [0.29, 0.717) is 24.6 Å². The molecular formula is C22H30F3IN4O2. The average Bonchev–Trinajstić information content (AvgIpc) is 3.45. The van der Waals surface area contributed by atoms with E-state index in [0.717, 1.165) is 24.4 Å². The maximum absolute atomic E-state index is 12.2. The molecule has 0 bridgehead atoms. The molecule has 1 aromatic heterocycles. The molecule has 3 rings (SSSR count). The second kappa shape index (κ2) is 13.0. The normalized spacial score (nSPS) is 15.9. The monoisotopic (exact) mass is 566 g/mol. The number of benzene rings is 1. The Morgan fingerprint density at radius 1 is 1.16 bits per heavy atom. The van der Waals surface area contributed by atoms with Crippen molar-refractivity contribution < 1.29 is 22.3 Å². The number of alkyl halides is 3. The van der Waals surface area contributed by atoms with Crippen molar-refractivity contribution in [1.29, 1.82) is 0 Å². The van der Waals surface area contributed by atoms with Crippen molar-refractivity contribution in [2.24, 2.45) is 4.99 Å². The van der Waals surface area contributed by atoms with E-state index >= 15 is 0 Å². The quantitative estimate of drug-likeness (QED) is 0.267. The summed E-state index contributed by atoms with van der Waals surface area (Å²) in [6.07, 6.45) is -0.253. The third kappa shape index (κ3) is 8.62. The molecule has 2 heterocycles. The van der Waals surface area contributed by atoms with Gasteiger partial charge in [0.05, 0.1) is 18.9 Å². The maximum Gasteiger partial charge on any atom is 0.411 e. The van der Waals surface area contributed by atoms with Crippen LogP contribution in [0.25, 0.3) is 0 Å². The second-order valence-electron chi connectivity index (χ2n) is 7.51. The molecule has 0 spiro atoms. The molecule has 1 saturated heterocycles. The summed E-state index contributed by atoms with van der Waals surface area (Å²) in [6.45, 7) is 1.89. The molecule has 2 aromatic rings. The van der Waals surface area contributed by atoms with Crippen LogP contribution in [0.3, 0.4) is 0 Å². The van der Waals surface area contributed by atoms with Crippen LogP contribution in [0.15, 0.2) is 52.1 Å². The van der Waals surface area contributed by atoms with Gasteiger partial charge in [-0.3, -0.25) is 9.89 Å². The van der Waals surface area contributed by atoms with E-state index < -0.39 is 12.8 Å². The number of nitrogens with one attached hydrogen (secondary N) is 2. The van der Waals surface area contributed by atoms with E-state index in [1.165, 1.54) is 12.8 Å². The first-order valence-corrected chi connectivity index (χ1v) is 10.4. The molecule has 1 aliphatic heterocycles. The van der Waals surface area contributed by atoms with Crippen LogP contribution in [-0.2, 0) is 17.9 Å². The summed E-state index contributed by atoms with van der Waals surface area (Å²) in [6, 6.07) is 11.3. The molecule has 1 unspecified atom stereocenters. The van der Waals surface area contributed by atoms with Crippen molar-refractivity contribution in [2.75, 3.05) is 33.3 Å². The zero-order valence-electron chi connectivity index (χ0n) is 18.0. The van der Waals surface area contributed by atoms with E-state index in [-0.39, 0.29) is 36.6 Å². The van der Waals surface area contributed by atoms with E-state index in [9.17, 15) is 13.2 Å². The molecule has 32 heavy (non-hydrogen) atoms. The van der Waals surface area contributed by atoms with Gasteiger partial charge in [-0.25, -0.2) is 0 Å². The van der Waals surface area contributed by atoms with E-state index in [2.05, 4.69) is 20.5 Å². The van der Waals surface area contributed by atoms with Gasteiger partial charge in [-0.15, -0.1) is 24.0 Å². The average molecular weight is 566 g/mol. The number of rotatable bonds is 9.